The predicted octanol–water partition coefficient (Wildman–Crippen LogP) is 2.73. The van der Waals surface area contributed by atoms with Crippen LogP contribution in [0.25, 0.3) is 0 Å². The molecule has 1 aliphatic heterocycles. The zero-order valence-corrected chi connectivity index (χ0v) is 12.8. The molecule has 0 spiro atoms. The van der Waals surface area contributed by atoms with Crippen molar-refractivity contribution in [3.05, 3.63) is 30.1 Å². The van der Waals surface area contributed by atoms with Gasteiger partial charge >= 0.3 is 0 Å². The van der Waals surface area contributed by atoms with Crippen molar-refractivity contribution in [1.29, 1.82) is 0 Å². The van der Waals surface area contributed by atoms with Crippen LogP contribution in [0.3, 0.4) is 0 Å². The lowest BCUT2D eigenvalue weighted by molar-refractivity contribution is 0.624. The number of halogens is 1. The first-order valence-electron chi connectivity index (χ1n) is 6.39. The van der Waals surface area contributed by atoms with Crippen LogP contribution in [0.4, 0.5) is 15.2 Å². The molecule has 0 atom stereocenters. The molecule has 20 heavy (non-hydrogen) atoms. The van der Waals surface area contributed by atoms with Crippen molar-refractivity contribution in [2.45, 2.75) is 4.34 Å². The zero-order chi connectivity index (χ0) is 13.9. The second kappa shape index (κ2) is 5.97. The van der Waals surface area contributed by atoms with Crippen molar-refractivity contribution < 1.29 is 4.39 Å². The van der Waals surface area contributed by atoms with Gasteiger partial charge in [0.25, 0.3) is 0 Å². The fourth-order valence-corrected chi connectivity index (χ4v) is 3.53. The molecule has 0 N–H and O–H groups in total. The quantitative estimate of drug-likeness (QED) is 0.814. The molecule has 1 fully saturated rings. The summed E-state index contributed by atoms with van der Waals surface area (Å²) in [5.41, 5.74) is 1.08. The molecule has 7 heteroatoms. The molecule has 2 aromatic rings. The van der Waals surface area contributed by atoms with E-state index in [1.165, 1.54) is 12.1 Å². The lowest BCUT2D eigenvalue weighted by atomic mass is 10.2. The van der Waals surface area contributed by atoms with E-state index in [4.69, 9.17) is 0 Å². The standard InChI is InChI=1S/C13H15FN4S2/c1-19-13-16-15-12(20-13)18-8-6-17(7-9-18)11-4-2-10(14)3-5-11/h2-5H,6-9H2,1H3. The van der Waals surface area contributed by atoms with Crippen molar-refractivity contribution in [1.82, 2.24) is 10.2 Å². The molecule has 106 valence electrons. The van der Waals surface area contributed by atoms with Crippen LogP contribution in [-0.2, 0) is 0 Å². The molecule has 0 aliphatic carbocycles. The van der Waals surface area contributed by atoms with Gasteiger partial charge in [-0.1, -0.05) is 23.1 Å². The van der Waals surface area contributed by atoms with Gasteiger partial charge in [-0.2, -0.15) is 0 Å². The van der Waals surface area contributed by atoms with Gasteiger partial charge in [-0.05, 0) is 30.5 Å². The van der Waals surface area contributed by atoms with Crippen molar-refractivity contribution in [3.63, 3.8) is 0 Å². The number of hydrogen-bond acceptors (Lipinski definition) is 6. The van der Waals surface area contributed by atoms with E-state index in [1.807, 2.05) is 18.4 Å². The molecule has 0 saturated carbocycles. The van der Waals surface area contributed by atoms with Crippen LogP contribution in [0, 0.1) is 5.82 Å². The van der Waals surface area contributed by atoms with Gasteiger partial charge in [0.05, 0.1) is 0 Å². The molecule has 0 radical (unpaired) electrons. The first kappa shape index (κ1) is 13.6. The molecule has 1 saturated heterocycles. The van der Waals surface area contributed by atoms with E-state index in [2.05, 4.69) is 20.0 Å². The summed E-state index contributed by atoms with van der Waals surface area (Å²) >= 11 is 3.26. The monoisotopic (exact) mass is 310 g/mol. The SMILES string of the molecule is CSc1nnc(N2CCN(c3ccc(F)cc3)CC2)s1. The molecule has 1 aromatic heterocycles. The fourth-order valence-electron chi connectivity index (χ4n) is 2.22. The van der Waals surface area contributed by atoms with E-state index in [-0.39, 0.29) is 5.82 Å². The number of benzene rings is 1. The van der Waals surface area contributed by atoms with E-state index in [0.717, 1.165) is 41.3 Å². The maximum Gasteiger partial charge on any atom is 0.209 e. The first-order valence-corrected chi connectivity index (χ1v) is 8.43. The Bertz CT molecular complexity index is 564. The van der Waals surface area contributed by atoms with Crippen molar-refractivity contribution >= 4 is 33.9 Å². The normalized spacial score (nSPS) is 15.7. The second-order valence-electron chi connectivity index (χ2n) is 4.51. The first-order chi connectivity index (χ1) is 9.76. The third-order valence-corrected chi connectivity index (χ3v) is 5.27. The number of anilines is 2. The summed E-state index contributed by atoms with van der Waals surface area (Å²) in [7, 11) is 0. The van der Waals surface area contributed by atoms with Crippen molar-refractivity contribution in [2.24, 2.45) is 0 Å². The number of piperazine rings is 1. The van der Waals surface area contributed by atoms with Crippen LogP contribution in [0.1, 0.15) is 0 Å². The van der Waals surface area contributed by atoms with Gasteiger partial charge in [0.1, 0.15) is 5.82 Å². The number of thioether (sulfide) groups is 1. The molecule has 1 aromatic carbocycles. The van der Waals surface area contributed by atoms with E-state index in [0.29, 0.717) is 0 Å². The lowest BCUT2D eigenvalue weighted by Crippen LogP contribution is -2.46. The maximum absolute atomic E-state index is 12.9. The Morgan fingerprint density at radius 2 is 1.70 bits per heavy atom. The maximum atomic E-state index is 12.9. The van der Waals surface area contributed by atoms with Crippen molar-refractivity contribution in [2.75, 3.05) is 42.2 Å². The molecule has 3 rings (SSSR count). The highest BCUT2D eigenvalue weighted by Crippen LogP contribution is 2.27. The average molecular weight is 310 g/mol. The molecular weight excluding hydrogens is 295 g/mol. The van der Waals surface area contributed by atoms with Gasteiger partial charge in [0.15, 0.2) is 4.34 Å². The van der Waals surface area contributed by atoms with Gasteiger partial charge in [-0.15, -0.1) is 10.2 Å². The fraction of sp³-hybridized carbons (Fsp3) is 0.385. The third-order valence-electron chi connectivity index (χ3n) is 3.31. The highest BCUT2D eigenvalue weighted by molar-refractivity contribution is 8.00. The van der Waals surface area contributed by atoms with Gasteiger partial charge < -0.3 is 9.80 Å². The van der Waals surface area contributed by atoms with Gasteiger partial charge in [0.2, 0.25) is 5.13 Å². The topological polar surface area (TPSA) is 32.3 Å². The van der Waals surface area contributed by atoms with Gasteiger partial charge in [-0.25, -0.2) is 4.39 Å². The highest BCUT2D eigenvalue weighted by atomic mass is 32.2. The predicted molar refractivity (Wildman–Crippen MR) is 82.5 cm³/mol. The molecule has 1 aliphatic rings. The summed E-state index contributed by atoms with van der Waals surface area (Å²) in [4.78, 5) is 4.53. The van der Waals surface area contributed by atoms with Crippen molar-refractivity contribution in [3.8, 4) is 0 Å². The number of hydrogen-bond donors (Lipinski definition) is 0. The molecule has 2 heterocycles. The Hall–Kier alpha value is -1.34. The highest BCUT2D eigenvalue weighted by Gasteiger charge is 2.20. The van der Waals surface area contributed by atoms with E-state index in [1.54, 1.807) is 23.1 Å². The van der Waals surface area contributed by atoms with Crippen LogP contribution < -0.4 is 9.80 Å². The summed E-state index contributed by atoms with van der Waals surface area (Å²) in [5.74, 6) is -0.189. The Morgan fingerprint density at radius 1 is 1.05 bits per heavy atom. The van der Waals surface area contributed by atoms with E-state index < -0.39 is 0 Å². The molecule has 4 nitrogen and oxygen atoms in total. The zero-order valence-electron chi connectivity index (χ0n) is 11.1. The van der Waals surface area contributed by atoms with Gasteiger partial charge in [0, 0.05) is 31.9 Å². The Labute approximate surface area is 125 Å². The van der Waals surface area contributed by atoms with Crippen LogP contribution in [0.2, 0.25) is 0 Å². The Kier molecular flexibility index (Phi) is 4.07. The van der Waals surface area contributed by atoms with Crippen LogP contribution in [0.5, 0.6) is 0 Å². The minimum absolute atomic E-state index is 0.189. The number of nitrogens with zero attached hydrogens (tertiary/aromatic N) is 4. The lowest BCUT2D eigenvalue weighted by Gasteiger charge is -2.35. The Balaban J connectivity index is 1.63. The van der Waals surface area contributed by atoms with E-state index in [9.17, 15) is 4.39 Å². The van der Waals surface area contributed by atoms with Crippen LogP contribution in [0.15, 0.2) is 28.6 Å². The molecule has 0 unspecified atom stereocenters. The summed E-state index contributed by atoms with van der Waals surface area (Å²) < 4.78 is 13.9. The smallest absolute Gasteiger partial charge is 0.209 e. The summed E-state index contributed by atoms with van der Waals surface area (Å²) in [6.45, 7) is 3.67. The molecule has 0 bridgehead atoms. The minimum Gasteiger partial charge on any atom is -0.368 e. The summed E-state index contributed by atoms with van der Waals surface area (Å²) in [6, 6.07) is 6.69. The summed E-state index contributed by atoms with van der Waals surface area (Å²) in [6.07, 6.45) is 2.01. The van der Waals surface area contributed by atoms with E-state index >= 15 is 0 Å². The van der Waals surface area contributed by atoms with Crippen LogP contribution in [-0.4, -0.2) is 42.6 Å². The third kappa shape index (κ3) is 2.88. The van der Waals surface area contributed by atoms with Gasteiger partial charge in [-0.3, -0.25) is 0 Å². The second-order valence-corrected chi connectivity index (χ2v) is 6.51. The number of rotatable bonds is 3. The molecule has 0 amide bonds. The Morgan fingerprint density at radius 3 is 2.30 bits per heavy atom. The summed E-state index contributed by atoms with van der Waals surface area (Å²) in [5, 5.41) is 9.35. The average Bonchev–Trinajstić information content (AvgIpc) is 2.97. The minimum atomic E-state index is -0.189. The largest absolute Gasteiger partial charge is 0.368 e. The van der Waals surface area contributed by atoms with Crippen LogP contribution >= 0.6 is 23.1 Å². The molecular formula is C13H15FN4S2. The number of aromatic nitrogens is 2.